The van der Waals surface area contributed by atoms with Crippen molar-refractivity contribution < 1.29 is 4.79 Å². The number of aryl methyl sites for hydroxylation is 2. The van der Waals surface area contributed by atoms with Gasteiger partial charge in [0, 0.05) is 18.5 Å². The summed E-state index contributed by atoms with van der Waals surface area (Å²) in [5.41, 5.74) is 2.84. The van der Waals surface area contributed by atoms with E-state index in [2.05, 4.69) is 22.4 Å². The van der Waals surface area contributed by atoms with E-state index in [0.717, 1.165) is 41.3 Å². The highest BCUT2D eigenvalue weighted by Crippen LogP contribution is 2.28. The van der Waals surface area contributed by atoms with Gasteiger partial charge in [0.05, 0.1) is 10.9 Å². The van der Waals surface area contributed by atoms with Gasteiger partial charge >= 0.3 is 0 Å². The molecule has 11 heteroatoms. The van der Waals surface area contributed by atoms with Crippen molar-refractivity contribution in [3.63, 3.8) is 0 Å². The molecule has 0 atom stereocenters. The van der Waals surface area contributed by atoms with Gasteiger partial charge in [-0.3, -0.25) is 24.7 Å². The molecule has 1 aromatic carbocycles. The van der Waals surface area contributed by atoms with Crippen LogP contribution in [0.2, 0.25) is 0 Å². The number of carbonyl (C=O) groups excluding carboxylic acids is 1. The fourth-order valence-corrected chi connectivity index (χ4v) is 6.09. The molecule has 4 heterocycles. The van der Waals surface area contributed by atoms with E-state index in [4.69, 9.17) is 10.4 Å². The van der Waals surface area contributed by atoms with Crippen molar-refractivity contribution in [2.24, 2.45) is 0 Å². The van der Waals surface area contributed by atoms with E-state index in [1.807, 2.05) is 43.3 Å². The zero-order valence-electron chi connectivity index (χ0n) is 21.8. The SMILES string of the molecule is CCCCCCn1c(=N)c(C(=O)Nc2nnc(SCc3ccccc3)s2)cc2c(=O)n3cccc(C)c3nc21. The van der Waals surface area contributed by atoms with Gasteiger partial charge < -0.3 is 4.57 Å². The average molecular weight is 560 g/mol. The Labute approximate surface area is 233 Å². The van der Waals surface area contributed by atoms with E-state index in [1.165, 1.54) is 27.4 Å². The number of anilines is 1. The molecule has 0 aliphatic heterocycles. The number of rotatable bonds is 10. The Kier molecular flexibility index (Phi) is 8.18. The maximum absolute atomic E-state index is 13.5. The monoisotopic (exact) mass is 559 g/mol. The van der Waals surface area contributed by atoms with Gasteiger partial charge in [-0.15, -0.1) is 10.2 Å². The van der Waals surface area contributed by atoms with E-state index in [9.17, 15) is 9.59 Å². The number of hydrogen-bond acceptors (Lipinski definition) is 8. The Hall–Kier alpha value is -3.83. The standard InChI is InChI=1S/C28H29N7O2S2/c1-3-4-5-9-14-34-22(29)20(16-21-24(34)30-23-18(2)11-10-15-35(23)26(21)37)25(36)31-27-32-33-28(39-27)38-17-19-12-7-6-8-13-19/h6-8,10-13,15-16,29H,3-5,9,14,17H2,1-2H3,(H,31,32,36). The van der Waals surface area contributed by atoms with Crippen LogP contribution in [0.3, 0.4) is 0 Å². The van der Waals surface area contributed by atoms with Crippen molar-refractivity contribution in [2.45, 2.75) is 56.2 Å². The maximum atomic E-state index is 13.5. The fraction of sp³-hybridized carbons (Fsp3) is 0.286. The number of aromatic nitrogens is 5. The number of amides is 1. The third kappa shape index (κ3) is 5.79. The van der Waals surface area contributed by atoms with Crippen molar-refractivity contribution in [1.82, 2.24) is 24.1 Å². The lowest BCUT2D eigenvalue weighted by molar-refractivity contribution is 0.102. The Morgan fingerprint density at radius 3 is 2.69 bits per heavy atom. The summed E-state index contributed by atoms with van der Waals surface area (Å²) < 4.78 is 3.91. The van der Waals surface area contributed by atoms with E-state index >= 15 is 0 Å². The van der Waals surface area contributed by atoms with Crippen molar-refractivity contribution in [3.05, 3.63) is 87.3 Å². The minimum Gasteiger partial charge on any atom is -0.310 e. The van der Waals surface area contributed by atoms with Gasteiger partial charge in [-0.2, -0.15) is 0 Å². The number of nitrogens with zero attached hydrogens (tertiary/aromatic N) is 5. The van der Waals surface area contributed by atoms with Crippen LogP contribution in [0, 0.1) is 12.3 Å². The predicted octanol–water partition coefficient (Wildman–Crippen LogP) is 5.41. The summed E-state index contributed by atoms with van der Waals surface area (Å²) in [7, 11) is 0. The number of thioether (sulfide) groups is 1. The number of nitrogens with one attached hydrogen (secondary N) is 2. The lowest BCUT2D eigenvalue weighted by atomic mass is 10.1. The Morgan fingerprint density at radius 2 is 1.90 bits per heavy atom. The van der Waals surface area contributed by atoms with Crippen LogP contribution in [-0.4, -0.2) is 30.1 Å². The molecular formula is C28H29N7O2S2. The quantitative estimate of drug-likeness (QED) is 0.102. The number of benzene rings is 1. The third-order valence-corrected chi connectivity index (χ3v) is 8.49. The molecule has 4 aromatic heterocycles. The molecule has 0 aliphatic carbocycles. The van der Waals surface area contributed by atoms with Gasteiger partial charge in [0.25, 0.3) is 11.5 Å². The Bertz CT molecular complexity index is 1760. The molecule has 200 valence electrons. The van der Waals surface area contributed by atoms with E-state index < -0.39 is 5.91 Å². The minimum absolute atomic E-state index is 0.0181. The number of carbonyl (C=O) groups is 1. The topological polar surface area (TPSA) is 118 Å². The number of unbranched alkanes of at least 4 members (excludes halogenated alkanes) is 3. The first-order chi connectivity index (χ1) is 19.0. The van der Waals surface area contributed by atoms with Gasteiger partial charge in [0.2, 0.25) is 5.13 Å². The summed E-state index contributed by atoms with van der Waals surface area (Å²) in [6.45, 7) is 4.53. The van der Waals surface area contributed by atoms with Crippen LogP contribution in [-0.2, 0) is 12.3 Å². The number of hydrogen-bond donors (Lipinski definition) is 2. The Balaban J connectivity index is 1.48. The van der Waals surface area contributed by atoms with Gasteiger partial charge in [0.15, 0.2) is 4.34 Å². The molecule has 2 N–H and O–H groups in total. The molecule has 9 nitrogen and oxygen atoms in total. The van der Waals surface area contributed by atoms with Crippen LogP contribution in [0.15, 0.2) is 63.9 Å². The fourth-order valence-electron chi connectivity index (χ4n) is 4.39. The third-order valence-electron chi connectivity index (χ3n) is 6.45. The normalized spacial score (nSPS) is 11.3. The maximum Gasteiger partial charge on any atom is 0.267 e. The molecule has 0 fully saturated rings. The van der Waals surface area contributed by atoms with Crippen molar-refractivity contribution in [2.75, 3.05) is 5.32 Å². The molecular weight excluding hydrogens is 530 g/mol. The summed E-state index contributed by atoms with van der Waals surface area (Å²) in [6, 6.07) is 15.2. The van der Waals surface area contributed by atoms with Gasteiger partial charge in [-0.05, 0) is 36.6 Å². The second-order valence-electron chi connectivity index (χ2n) is 9.26. The zero-order valence-corrected chi connectivity index (χ0v) is 23.4. The molecule has 0 radical (unpaired) electrons. The molecule has 0 saturated carbocycles. The largest absolute Gasteiger partial charge is 0.310 e. The summed E-state index contributed by atoms with van der Waals surface area (Å²) in [5.74, 6) is 0.238. The van der Waals surface area contributed by atoms with Crippen molar-refractivity contribution >= 4 is 50.8 Å². The molecule has 5 aromatic rings. The first-order valence-electron chi connectivity index (χ1n) is 12.9. The lowest BCUT2D eigenvalue weighted by Crippen LogP contribution is -2.32. The smallest absolute Gasteiger partial charge is 0.267 e. The van der Waals surface area contributed by atoms with Crippen molar-refractivity contribution in [3.8, 4) is 0 Å². The van der Waals surface area contributed by atoms with Gasteiger partial charge in [-0.1, -0.05) is 85.7 Å². The number of fused-ring (bicyclic) bond motifs is 2. The van der Waals surface area contributed by atoms with Crippen LogP contribution < -0.4 is 16.4 Å². The molecule has 0 spiro atoms. The molecule has 39 heavy (non-hydrogen) atoms. The molecule has 1 amide bonds. The van der Waals surface area contributed by atoms with Gasteiger partial charge in [0.1, 0.15) is 16.8 Å². The highest BCUT2D eigenvalue weighted by Gasteiger charge is 2.19. The lowest BCUT2D eigenvalue weighted by Gasteiger charge is -2.15. The van der Waals surface area contributed by atoms with Crippen LogP contribution >= 0.6 is 23.1 Å². The average Bonchev–Trinajstić information content (AvgIpc) is 3.39. The predicted molar refractivity (Wildman–Crippen MR) is 156 cm³/mol. The van der Waals surface area contributed by atoms with E-state index in [1.54, 1.807) is 28.6 Å². The van der Waals surface area contributed by atoms with Crippen LogP contribution in [0.1, 0.15) is 54.1 Å². The summed E-state index contributed by atoms with van der Waals surface area (Å²) in [5, 5.41) is 20.6. The van der Waals surface area contributed by atoms with Crippen LogP contribution in [0.25, 0.3) is 16.7 Å². The molecule has 5 rings (SSSR count). The number of pyridine rings is 2. The van der Waals surface area contributed by atoms with E-state index in [0.29, 0.717) is 28.4 Å². The highest BCUT2D eigenvalue weighted by atomic mass is 32.2. The molecule has 0 unspecified atom stereocenters. The van der Waals surface area contributed by atoms with E-state index in [-0.39, 0.29) is 16.6 Å². The summed E-state index contributed by atoms with van der Waals surface area (Å²) in [4.78, 5) is 31.7. The van der Waals surface area contributed by atoms with Crippen LogP contribution in [0.5, 0.6) is 0 Å². The van der Waals surface area contributed by atoms with Crippen molar-refractivity contribution in [1.29, 1.82) is 5.41 Å². The summed E-state index contributed by atoms with van der Waals surface area (Å²) >= 11 is 2.82. The first-order valence-corrected chi connectivity index (χ1v) is 14.7. The minimum atomic E-state index is -0.506. The molecule has 0 saturated heterocycles. The second-order valence-corrected chi connectivity index (χ2v) is 11.5. The summed E-state index contributed by atoms with van der Waals surface area (Å²) in [6.07, 6.45) is 5.63. The first kappa shape index (κ1) is 26.8. The Morgan fingerprint density at radius 1 is 1.08 bits per heavy atom. The second kappa shape index (κ2) is 11.9. The zero-order chi connectivity index (χ0) is 27.4. The van der Waals surface area contributed by atoms with Crippen LogP contribution in [0.4, 0.5) is 5.13 Å². The van der Waals surface area contributed by atoms with Gasteiger partial charge in [-0.25, -0.2) is 4.98 Å². The molecule has 0 aliphatic rings. The highest BCUT2D eigenvalue weighted by molar-refractivity contribution is 8.00. The molecule has 0 bridgehead atoms.